The van der Waals surface area contributed by atoms with Crippen LogP contribution in [0.1, 0.15) is 13.3 Å². The number of nitro groups is 1. The molecule has 5 heteroatoms. The fourth-order valence-electron chi connectivity index (χ4n) is 1.32. The first kappa shape index (κ1) is 8.80. The highest BCUT2D eigenvalue weighted by molar-refractivity contribution is 5.57. The number of benzene rings is 1. The second kappa shape index (κ2) is 3.17. The predicted molar refractivity (Wildman–Crippen MR) is 48.4 cm³/mol. The van der Waals surface area contributed by atoms with Crippen LogP contribution < -0.4 is 9.47 Å². The average Bonchev–Trinajstić information content (AvgIpc) is 2.59. The molecule has 0 bridgehead atoms. The van der Waals surface area contributed by atoms with Gasteiger partial charge in [0.05, 0.1) is 4.92 Å². The van der Waals surface area contributed by atoms with Gasteiger partial charge in [0.2, 0.25) is 12.0 Å². The largest absolute Gasteiger partial charge is 0.451 e. The molecule has 2 rings (SSSR count). The topological polar surface area (TPSA) is 61.6 Å². The zero-order valence-corrected chi connectivity index (χ0v) is 7.60. The maximum Gasteiger partial charge on any atom is 0.315 e. The summed E-state index contributed by atoms with van der Waals surface area (Å²) in [5.74, 6) is 0.690. The molecular formula is C9H9NO4. The highest BCUT2D eigenvalue weighted by Crippen LogP contribution is 2.42. The van der Waals surface area contributed by atoms with Crippen LogP contribution in [-0.2, 0) is 0 Å². The molecule has 1 atom stereocenters. The summed E-state index contributed by atoms with van der Waals surface area (Å²) in [5.41, 5.74) is -0.0431. The van der Waals surface area contributed by atoms with Crippen LogP contribution in [0.3, 0.4) is 0 Å². The maximum absolute atomic E-state index is 10.6. The van der Waals surface area contributed by atoms with E-state index in [0.717, 1.165) is 0 Å². The highest BCUT2D eigenvalue weighted by Gasteiger charge is 2.30. The van der Waals surface area contributed by atoms with Gasteiger partial charge in [-0.1, -0.05) is 13.0 Å². The van der Waals surface area contributed by atoms with E-state index in [9.17, 15) is 10.1 Å². The number of para-hydroxylation sites is 1. The number of rotatable bonds is 2. The van der Waals surface area contributed by atoms with Crippen molar-refractivity contribution in [3.05, 3.63) is 28.3 Å². The lowest BCUT2D eigenvalue weighted by atomic mass is 10.3. The van der Waals surface area contributed by atoms with Crippen LogP contribution in [-0.4, -0.2) is 11.2 Å². The van der Waals surface area contributed by atoms with E-state index >= 15 is 0 Å². The molecule has 74 valence electrons. The Morgan fingerprint density at radius 2 is 2.29 bits per heavy atom. The molecule has 14 heavy (non-hydrogen) atoms. The molecule has 0 saturated carbocycles. The van der Waals surface area contributed by atoms with E-state index in [0.29, 0.717) is 12.2 Å². The Balaban J connectivity index is 2.41. The monoisotopic (exact) mass is 195 g/mol. The Bertz CT molecular complexity index is 377. The van der Waals surface area contributed by atoms with Crippen molar-refractivity contribution in [3.63, 3.8) is 0 Å². The number of nitro benzene ring substituents is 1. The molecule has 0 fully saturated rings. The van der Waals surface area contributed by atoms with Crippen LogP contribution >= 0.6 is 0 Å². The summed E-state index contributed by atoms with van der Waals surface area (Å²) >= 11 is 0. The molecule has 1 aliphatic rings. The van der Waals surface area contributed by atoms with Crippen molar-refractivity contribution >= 4 is 5.69 Å². The van der Waals surface area contributed by atoms with E-state index in [1.807, 2.05) is 6.92 Å². The summed E-state index contributed by atoms with van der Waals surface area (Å²) in [6, 6.07) is 4.65. The molecule has 0 amide bonds. The third kappa shape index (κ3) is 1.26. The summed E-state index contributed by atoms with van der Waals surface area (Å²) in [6.45, 7) is 1.89. The van der Waals surface area contributed by atoms with Crippen molar-refractivity contribution in [2.24, 2.45) is 0 Å². The normalized spacial score (nSPS) is 18.2. The zero-order valence-electron chi connectivity index (χ0n) is 7.60. The lowest BCUT2D eigenvalue weighted by Crippen LogP contribution is -2.15. The molecule has 0 radical (unpaired) electrons. The van der Waals surface area contributed by atoms with Gasteiger partial charge >= 0.3 is 5.69 Å². The quantitative estimate of drug-likeness (QED) is 0.535. The van der Waals surface area contributed by atoms with Crippen molar-refractivity contribution in [1.29, 1.82) is 0 Å². The van der Waals surface area contributed by atoms with Crippen LogP contribution in [0.4, 0.5) is 5.69 Å². The Labute approximate surface area is 80.4 Å². The first-order valence-electron chi connectivity index (χ1n) is 4.33. The first-order valence-corrected chi connectivity index (χ1v) is 4.33. The van der Waals surface area contributed by atoms with E-state index in [4.69, 9.17) is 9.47 Å². The maximum atomic E-state index is 10.6. The van der Waals surface area contributed by atoms with E-state index in [1.54, 1.807) is 12.1 Å². The van der Waals surface area contributed by atoms with E-state index in [-0.39, 0.29) is 11.4 Å². The smallest absolute Gasteiger partial charge is 0.315 e. The third-order valence-corrected chi connectivity index (χ3v) is 2.00. The molecule has 1 aromatic carbocycles. The first-order chi connectivity index (χ1) is 6.72. The minimum Gasteiger partial charge on any atom is -0.451 e. The van der Waals surface area contributed by atoms with Crippen LogP contribution in [0.2, 0.25) is 0 Å². The Morgan fingerprint density at radius 3 is 2.93 bits per heavy atom. The van der Waals surface area contributed by atoms with E-state index < -0.39 is 11.2 Å². The fraction of sp³-hybridized carbons (Fsp3) is 0.333. The van der Waals surface area contributed by atoms with Crippen LogP contribution in [0, 0.1) is 10.1 Å². The number of ether oxygens (including phenoxy) is 2. The van der Waals surface area contributed by atoms with E-state index in [1.165, 1.54) is 6.07 Å². The Kier molecular flexibility index (Phi) is 1.99. The number of fused-ring (bicyclic) bond motifs is 1. The van der Waals surface area contributed by atoms with Crippen molar-refractivity contribution in [1.82, 2.24) is 0 Å². The standard InChI is InChI=1S/C9H9NO4/c1-2-8-13-7-5-3-4-6(10(11)12)9(7)14-8/h3-5,8H,2H2,1H3. The zero-order chi connectivity index (χ0) is 10.1. The minimum absolute atomic E-state index is 0.0431. The fourth-order valence-corrected chi connectivity index (χ4v) is 1.32. The number of hydrogen-bond acceptors (Lipinski definition) is 4. The van der Waals surface area contributed by atoms with Gasteiger partial charge in [0, 0.05) is 12.5 Å². The van der Waals surface area contributed by atoms with Crippen LogP contribution in [0.5, 0.6) is 11.5 Å². The molecule has 0 aromatic heterocycles. The Morgan fingerprint density at radius 1 is 1.50 bits per heavy atom. The molecule has 0 saturated heterocycles. The number of hydrogen-bond donors (Lipinski definition) is 0. The van der Waals surface area contributed by atoms with Crippen molar-refractivity contribution in [3.8, 4) is 11.5 Å². The molecule has 0 N–H and O–H groups in total. The predicted octanol–water partition coefficient (Wildman–Crippen LogP) is 2.10. The van der Waals surface area contributed by atoms with Gasteiger partial charge in [-0.3, -0.25) is 10.1 Å². The molecular weight excluding hydrogens is 186 g/mol. The van der Waals surface area contributed by atoms with E-state index in [2.05, 4.69) is 0 Å². The summed E-state index contributed by atoms with van der Waals surface area (Å²) in [5, 5.41) is 10.6. The average molecular weight is 195 g/mol. The molecule has 1 aliphatic heterocycles. The van der Waals surface area contributed by atoms with Gasteiger partial charge in [-0.05, 0) is 6.07 Å². The summed E-state index contributed by atoms with van der Waals surface area (Å²) in [4.78, 5) is 10.2. The van der Waals surface area contributed by atoms with Crippen LogP contribution in [0.15, 0.2) is 18.2 Å². The second-order valence-electron chi connectivity index (χ2n) is 2.94. The van der Waals surface area contributed by atoms with Gasteiger partial charge in [0.1, 0.15) is 0 Å². The van der Waals surface area contributed by atoms with Crippen molar-refractivity contribution in [2.75, 3.05) is 0 Å². The molecule has 1 heterocycles. The lowest BCUT2D eigenvalue weighted by molar-refractivity contribution is -0.385. The highest BCUT2D eigenvalue weighted by atomic mass is 16.7. The van der Waals surface area contributed by atoms with Gasteiger partial charge in [0.15, 0.2) is 5.75 Å². The summed E-state index contributed by atoms with van der Waals surface area (Å²) in [7, 11) is 0. The van der Waals surface area contributed by atoms with Crippen molar-refractivity contribution < 1.29 is 14.4 Å². The van der Waals surface area contributed by atoms with Gasteiger partial charge in [0.25, 0.3) is 0 Å². The van der Waals surface area contributed by atoms with Gasteiger partial charge < -0.3 is 9.47 Å². The van der Waals surface area contributed by atoms with Gasteiger partial charge in [-0.2, -0.15) is 0 Å². The molecule has 0 aliphatic carbocycles. The van der Waals surface area contributed by atoms with Crippen molar-refractivity contribution in [2.45, 2.75) is 19.6 Å². The molecule has 1 aromatic rings. The third-order valence-electron chi connectivity index (χ3n) is 2.00. The lowest BCUT2D eigenvalue weighted by Gasteiger charge is -2.04. The van der Waals surface area contributed by atoms with Gasteiger partial charge in [-0.15, -0.1) is 0 Å². The Hall–Kier alpha value is -1.78. The molecule has 0 spiro atoms. The minimum atomic E-state index is -0.472. The summed E-state index contributed by atoms with van der Waals surface area (Å²) < 4.78 is 10.6. The molecule has 1 unspecified atom stereocenters. The SMILES string of the molecule is CCC1Oc2cccc([N+](=O)[O-])c2O1. The van der Waals surface area contributed by atoms with Crippen LogP contribution in [0.25, 0.3) is 0 Å². The molecule has 5 nitrogen and oxygen atoms in total. The number of nitrogens with zero attached hydrogens (tertiary/aromatic N) is 1. The summed E-state index contributed by atoms with van der Waals surface area (Å²) in [6.07, 6.45) is 0.261. The second-order valence-corrected chi connectivity index (χ2v) is 2.94. The van der Waals surface area contributed by atoms with Gasteiger partial charge in [-0.25, -0.2) is 0 Å².